The molecule has 0 N–H and O–H groups in total. The molecule has 0 atom stereocenters. The van der Waals surface area contributed by atoms with Gasteiger partial charge in [-0.2, -0.15) is 5.26 Å². The molecular weight excluding hydrogens is 338 g/mol. The molecule has 1 aromatic carbocycles. The number of aromatic nitrogens is 2. The Morgan fingerprint density at radius 1 is 1.19 bits per heavy atom. The van der Waals surface area contributed by atoms with Crippen molar-refractivity contribution in [2.24, 2.45) is 0 Å². The summed E-state index contributed by atoms with van der Waals surface area (Å²) in [6.07, 6.45) is 2.66. The molecule has 0 saturated carbocycles. The smallest absolute Gasteiger partial charge is 0.249 e. The number of rotatable bonds is 4. The van der Waals surface area contributed by atoms with E-state index in [0.29, 0.717) is 44.2 Å². The van der Waals surface area contributed by atoms with E-state index in [1.54, 1.807) is 6.07 Å². The van der Waals surface area contributed by atoms with E-state index in [2.05, 4.69) is 16.0 Å². The third kappa shape index (κ3) is 4.50. The lowest BCUT2D eigenvalue weighted by molar-refractivity contribution is -0.127. The number of nitriles is 1. The normalized spacial score (nSPS) is 14.8. The number of hydrogen-bond donors (Lipinski definition) is 0. The average molecular weight is 361 g/mol. The third-order valence-corrected chi connectivity index (χ3v) is 4.60. The first-order chi connectivity index (χ1) is 13.1. The number of carbonyl (C=O) groups is 1. The van der Waals surface area contributed by atoms with Crippen molar-refractivity contribution in [2.45, 2.75) is 20.3 Å². The Morgan fingerprint density at radius 3 is 2.52 bits per heavy atom. The van der Waals surface area contributed by atoms with Gasteiger partial charge in [0, 0.05) is 37.4 Å². The zero-order chi connectivity index (χ0) is 19.2. The van der Waals surface area contributed by atoms with Crippen molar-refractivity contribution in [1.29, 1.82) is 5.26 Å². The van der Waals surface area contributed by atoms with Gasteiger partial charge in [0.25, 0.3) is 0 Å². The van der Waals surface area contributed by atoms with Crippen LogP contribution in [-0.2, 0) is 4.79 Å². The Bertz CT molecular complexity index is 877. The number of nitrogens with zero attached hydrogens (tertiary/aromatic N) is 5. The molecule has 1 aromatic heterocycles. The molecule has 0 bridgehead atoms. The highest BCUT2D eigenvalue weighted by Gasteiger charge is 2.24. The maximum absolute atomic E-state index is 12.9. The maximum atomic E-state index is 12.9. The fourth-order valence-electron chi connectivity index (χ4n) is 3.13. The van der Waals surface area contributed by atoms with Crippen LogP contribution in [0.4, 0.5) is 5.95 Å². The lowest BCUT2D eigenvalue weighted by atomic mass is 10.1. The van der Waals surface area contributed by atoms with E-state index in [1.807, 2.05) is 60.1 Å². The van der Waals surface area contributed by atoms with Gasteiger partial charge in [0.1, 0.15) is 11.8 Å². The second kappa shape index (κ2) is 8.45. The quantitative estimate of drug-likeness (QED) is 0.783. The lowest BCUT2D eigenvalue weighted by Crippen LogP contribution is -2.49. The Balaban J connectivity index is 1.68. The lowest BCUT2D eigenvalue weighted by Gasteiger charge is -2.35. The van der Waals surface area contributed by atoms with Crippen molar-refractivity contribution < 1.29 is 4.79 Å². The number of benzene rings is 1. The zero-order valence-corrected chi connectivity index (χ0v) is 15.7. The largest absolute Gasteiger partial charge is 0.337 e. The first-order valence-electron chi connectivity index (χ1n) is 9.16. The number of anilines is 1. The van der Waals surface area contributed by atoms with E-state index in [1.165, 1.54) is 0 Å². The third-order valence-electron chi connectivity index (χ3n) is 4.60. The van der Waals surface area contributed by atoms with Crippen LogP contribution in [0, 0.1) is 18.3 Å². The molecule has 0 spiro atoms. The topological polar surface area (TPSA) is 73.1 Å². The molecular formula is C21H23N5O. The van der Waals surface area contributed by atoms with Crippen LogP contribution in [0.2, 0.25) is 0 Å². The van der Waals surface area contributed by atoms with E-state index >= 15 is 0 Å². The number of amides is 1. The molecule has 1 saturated heterocycles. The minimum atomic E-state index is 0.0869. The summed E-state index contributed by atoms with van der Waals surface area (Å²) in [6.45, 7) is 6.40. The first-order valence-corrected chi connectivity index (χ1v) is 9.16. The maximum Gasteiger partial charge on any atom is 0.249 e. The predicted molar refractivity (Wildman–Crippen MR) is 105 cm³/mol. The highest BCUT2D eigenvalue weighted by atomic mass is 16.2. The second-order valence-electron chi connectivity index (χ2n) is 6.52. The summed E-state index contributed by atoms with van der Waals surface area (Å²) in [6, 6.07) is 13.7. The summed E-state index contributed by atoms with van der Waals surface area (Å²) >= 11 is 0. The summed E-state index contributed by atoms with van der Waals surface area (Å²) in [5.41, 5.74) is 3.00. The summed E-state index contributed by atoms with van der Waals surface area (Å²) < 4.78 is 0. The highest BCUT2D eigenvalue weighted by Crippen LogP contribution is 2.17. The van der Waals surface area contributed by atoms with Crippen molar-refractivity contribution in [3.05, 3.63) is 58.9 Å². The van der Waals surface area contributed by atoms with Crippen LogP contribution < -0.4 is 4.90 Å². The van der Waals surface area contributed by atoms with Gasteiger partial charge in [-0.15, -0.1) is 0 Å². The van der Waals surface area contributed by atoms with Crippen molar-refractivity contribution in [3.63, 3.8) is 0 Å². The van der Waals surface area contributed by atoms with Crippen LogP contribution in [0.3, 0.4) is 0 Å². The van der Waals surface area contributed by atoms with Gasteiger partial charge in [0.05, 0.1) is 0 Å². The van der Waals surface area contributed by atoms with Crippen LogP contribution >= 0.6 is 0 Å². The monoisotopic (exact) mass is 361 g/mol. The fourth-order valence-corrected chi connectivity index (χ4v) is 3.13. The fraction of sp³-hybridized carbons (Fsp3) is 0.333. The standard InChI is InChI=1S/C21H23N5O/c1-3-18(14-17-7-5-4-6-8-17)20(27)25-9-11-26(12-10-25)21-23-16(2)13-19(15-22)24-21/h4-8,13-14H,3,9-12H2,1-2H3/b18-14+. The summed E-state index contributed by atoms with van der Waals surface area (Å²) in [7, 11) is 0. The zero-order valence-electron chi connectivity index (χ0n) is 15.7. The van der Waals surface area contributed by atoms with Gasteiger partial charge in [0.2, 0.25) is 11.9 Å². The molecule has 1 fully saturated rings. The van der Waals surface area contributed by atoms with Gasteiger partial charge in [-0.05, 0) is 31.1 Å². The molecule has 27 heavy (non-hydrogen) atoms. The number of piperazine rings is 1. The minimum absolute atomic E-state index is 0.0869. The number of carbonyl (C=O) groups excluding carboxylic acids is 1. The summed E-state index contributed by atoms with van der Waals surface area (Å²) in [4.78, 5) is 25.5. The molecule has 1 aliphatic rings. The van der Waals surface area contributed by atoms with Crippen molar-refractivity contribution >= 4 is 17.9 Å². The van der Waals surface area contributed by atoms with Crippen molar-refractivity contribution in [3.8, 4) is 6.07 Å². The summed E-state index contributed by atoms with van der Waals surface area (Å²) in [5, 5.41) is 9.09. The van der Waals surface area contributed by atoms with Gasteiger partial charge in [-0.25, -0.2) is 9.97 Å². The molecule has 0 radical (unpaired) electrons. The minimum Gasteiger partial charge on any atom is -0.337 e. The van der Waals surface area contributed by atoms with Crippen LogP contribution in [0.1, 0.15) is 30.3 Å². The SMILES string of the molecule is CC/C(=C\c1ccccc1)C(=O)N1CCN(c2nc(C)cc(C#N)n2)CC1. The molecule has 2 heterocycles. The van der Waals surface area contributed by atoms with Crippen molar-refractivity contribution in [1.82, 2.24) is 14.9 Å². The first kappa shape index (κ1) is 18.6. The molecule has 1 amide bonds. The average Bonchev–Trinajstić information content (AvgIpc) is 2.72. The molecule has 2 aromatic rings. The van der Waals surface area contributed by atoms with Gasteiger partial charge in [-0.1, -0.05) is 37.3 Å². The summed E-state index contributed by atoms with van der Waals surface area (Å²) in [5.74, 6) is 0.651. The predicted octanol–water partition coefficient (Wildman–Crippen LogP) is 2.80. The van der Waals surface area contributed by atoms with E-state index in [0.717, 1.165) is 16.8 Å². The van der Waals surface area contributed by atoms with Gasteiger partial charge >= 0.3 is 0 Å². The second-order valence-corrected chi connectivity index (χ2v) is 6.52. The number of hydrogen-bond acceptors (Lipinski definition) is 5. The van der Waals surface area contributed by atoms with E-state index < -0.39 is 0 Å². The van der Waals surface area contributed by atoms with Gasteiger partial charge < -0.3 is 9.80 Å². The van der Waals surface area contributed by atoms with E-state index in [4.69, 9.17) is 5.26 Å². The highest BCUT2D eigenvalue weighted by molar-refractivity contribution is 5.97. The molecule has 3 rings (SSSR count). The molecule has 0 unspecified atom stereocenters. The van der Waals surface area contributed by atoms with Crippen molar-refractivity contribution in [2.75, 3.05) is 31.1 Å². The van der Waals surface area contributed by atoms with Crippen LogP contribution in [0.15, 0.2) is 42.0 Å². The molecule has 1 aliphatic heterocycles. The van der Waals surface area contributed by atoms with Gasteiger partial charge in [-0.3, -0.25) is 4.79 Å². The van der Waals surface area contributed by atoms with E-state index in [9.17, 15) is 4.79 Å². The Labute approximate surface area is 159 Å². The van der Waals surface area contributed by atoms with Crippen LogP contribution in [-0.4, -0.2) is 47.0 Å². The Kier molecular flexibility index (Phi) is 5.82. The number of aryl methyl sites for hydroxylation is 1. The van der Waals surface area contributed by atoms with Crippen LogP contribution in [0.25, 0.3) is 6.08 Å². The Hall–Kier alpha value is -3.20. The Morgan fingerprint density at radius 2 is 1.89 bits per heavy atom. The molecule has 0 aliphatic carbocycles. The molecule has 6 nitrogen and oxygen atoms in total. The van der Waals surface area contributed by atoms with Gasteiger partial charge in [0.15, 0.2) is 0 Å². The molecule has 138 valence electrons. The van der Waals surface area contributed by atoms with E-state index in [-0.39, 0.29) is 5.91 Å². The van der Waals surface area contributed by atoms with Crippen LogP contribution in [0.5, 0.6) is 0 Å². The molecule has 6 heteroatoms.